The molecule has 0 saturated heterocycles. The van der Waals surface area contributed by atoms with Crippen molar-refractivity contribution in [3.63, 3.8) is 0 Å². The molecule has 6 rings (SSSR count). The number of ether oxygens (including phenoxy) is 11. The zero-order valence-corrected chi connectivity index (χ0v) is 43.0. The molecule has 28 nitrogen and oxygen atoms in total. The Morgan fingerprint density at radius 3 is 1.05 bits per heavy atom. The molecule has 5 aromatic rings. The van der Waals surface area contributed by atoms with Crippen LogP contribution in [-0.4, -0.2) is 220 Å². The van der Waals surface area contributed by atoms with Gasteiger partial charge in [-0.1, -0.05) is 33.0 Å². The molecule has 2 amide bonds. The summed E-state index contributed by atoms with van der Waals surface area (Å²) in [5.74, 6) is -1.36. The van der Waals surface area contributed by atoms with Gasteiger partial charge in [-0.2, -0.15) is 0 Å². The third-order valence-electron chi connectivity index (χ3n) is 11.0. The van der Waals surface area contributed by atoms with Crippen LogP contribution in [0.15, 0.2) is 49.1 Å². The summed E-state index contributed by atoms with van der Waals surface area (Å²) in [6.07, 6.45) is 9.58. The zero-order chi connectivity index (χ0) is 53.1. The summed E-state index contributed by atoms with van der Waals surface area (Å²) in [5.41, 5.74) is 3.84. The lowest BCUT2D eigenvalue weighted by Crippen LogP contribution is -2.33. The van der Waals surface area contributed by atoms with Gasteiger partial charge in [-0.15, -0.1) is 20.4 Å². The lowest BCUT2D eigenvalue weighted by molar-refractivity contribution is -0.137. The molecule has 0 radical (unpaired) electrons. The number of aromatic nitrogens is 12. The monoisotopic (exact) mass is 1070 g/mol. The second-order valence-electron chi connectivity index (χ2n) is 16.9. The molecular formula is C48H71N13O15. The largest absolute Gasteiger partial charge is 0.481 e. The maximum absolute atomic E-state index is 12.4. The van der Waals surface area contributed by atoms with E-state index in [1.165, 1.54) is 4.90 Å². The molecule has 0 atom stereocenters. The zero-order valence-electron chi connectivity index (χ0n) is 43.0. The molecule has 4 aromatic heterocycles. The van der Waals surface area contributed by atoms with E-state index in [0.717, 1.165) is 17.8 Å². The molecule has 0 fully saturated rings. The van der Waals surface area contributed by atoms with Crippen molar-refractivity contribution in [3.05, 3.63) is 83.0 Å². The molecule has 28 heteroatoms. The second-order valence-corrected chi connectivity index (χ2v) is 16.9. The molecule has 5 heterocycles. The fourth-order valence-electron chi connectivity index (χ4n) is 7.09. The predicted octanol–water partition coefficient (Wildman–Crippen LogP) is 0.929. The number of aliphatic carboxylic acids is 1. The van der Waals surface area contributed by atoms with Crippen LogP contribution in [0.5, 0.6) is 0 Å². The van der Waals surface area contributed by atoms with E-state index in [0.29, 0.717) is 200 Å². The van der Waals surface area contributed by atoms with Crippen molar-refractivity contribution in [2.75, 3.05) is 132 Å². The molecule has 76 heavy (non-hydrogen) atoms. The Kier molecular flexibility index (Phi) is 28.1. The molecular weight excluding hydrogens is 999 g/mol. The molecule has 418 valence electrons. The van der Waals surface area contributed by atoms with Crippen molar-refractivity contribution in [1.82, 2.24) is 64.9 Å². The van der Waals surface area contributed by atoms with Crippen LogP contribution in [0.25, 0.3) is 0 Å². The number of nitrogens with zero attached hydrogens (tertiary/aromatic N) is 13. The summed E-state index contributed by atoms with van der Waals surface area (Å²) in [6, 6.07) is 6.80. The van der Waals surface area contributed by atoms with Gasteiger partial charge >= 0.3 is 5.97 Å². The SMILES string of the molecule is O=C(O)CCCCc1cn(CCOCCOCCOCc2cn(CCOCCOCCOCc3cn(CCOCCOCCOCc4cn(CCOCCOCCN5C(=O)c6ccccc6C5=O)nn4)nn3)nn2)nn1. The van der Waals surface area contributed by atoms with Crippen LogP contribution in [0.1, 0.15) is 62.8 Å². The van der Waals surface area contributed by atoms with Crippen molar-refractivity contribution in [1.29, 1.82) is 0 Å². The number of imide groups is 1. The Morgan fingerprint density at radius 1 is 0.395 bits per heavy atom. The fourth-order valence-corrected chi connectivity index (χ4v) is 7.09. The summed E-state index contributed by atoms with van der Waals surface area (Å²) in [4.78, 5) is 36.6. The molecule has 1 aliphatic heterocycles. The van der Waals surface area contributed by atoms with Crippen LogP contribution in [0.2, 0.25) is 0 Å². The number of rotatable bonds is 47. The van der Waals surface area contributed by atoms with Crippen LogP contribution < -0.4 is 0 Å². The van der Waals surface area contributed by atoms with Crippen LogP contribution in [-0.2, 0) is 109 Å². The van der Waals surface area contributed by atoms with Gasteiger partial charge < -0.3 is 57.2 Å². The summed E-state index contributed by atoms with van der Waals surface area (Å²) in [7, 11) is 0. The third-order valence-corrected chi connectivity index (χ3v) is 11.0. The van der Waals surface area contributed by atoms with Crippen molar-refractivity contribution in [2.45, 2.75) is 71.7 Å². The minimum Gasteiger partial charge on any atom is -0.481 e. The van der Waals surface area contributed by atoms with Crippen molar-refractivity contribution in [2.24, 2.45) is 0 Å². The topological polar surface area (TPSA) is 299 Å². The van der Waals surface area contributed by atoms with Crippen molar-refractivity contribution < 1.29 is 71.6 Å². The highest BCUT2D eigenvalue weighted by Gasteiger charge is 2.34. The Balaban J connectivity index is 0.631. The standard InChI is InChI=1S/C48H71N13O15/c62-46(63)8-4-1-5-40-33-57(53-49-40)9-14-67-21-24-71-27-30-74-38-42-35-59(55-51-42)11-16-69-23-26-73-29-32-76-39-43-36-60(56-52-43)12-17-68-22-25-72-28-31-75-37-41-34-58(54-50-41)10-15-66-19-20-70-18-13-61-47(64)44-6-2-3-7-45(44)48(61)65/h2-3,6-7,33-36H,1,4-5,8-32,37-39H2,(H,62,63). The molecule has 1 aliphatic rings. The van der Waals surface area contributed by atoms with Gasteiger partial charge in [0.05, 0.1) is 213 Å². The van der Waals surface area contributed by atoms with Crippen LogP contribution in [0.4, 0.5) is 0 Å². The Labute approximate surface area is 440 Å². The lowest BCUT2D eigenvalue weighted by Gasteiger charge is -2.13. The minimum absolute atomic E-state index is 0.168. The highest BCUT2D eigenvalue weighted by molar-refractivity contribution is 6.21. The van der Waals surface area contributed by atoms with E-state index in [1.807, 2.05) is 18.6 Å². The van der Waals surface area contributed by atoms with E-state index in [4.69, 9.17) is 57.2 Å². The van der Waals surface area contributed by atoms with Gasteiger partial charge in [0.2, 0.25) is 0 Å². The van der Waals surface area contributed by atoms with Gasteiger partial charge in [-0.05, 0) is 31.4 Å². The Hall–Kier alpha value is -6.05. The first-order valence-electron chi connectivity index (χ1n) is 25.5. The number of carbonyl (C=O) groups excluding carboxylic acids is 2. The van der Waals surface area contributed by atoms with Crippen LogP contribution in [0, 0.1) is 0 Å². The highest BCUT2D eigenvalue weighted by Crippen LogP contribution is 2.22. The first kappa shape index (κ1) is 59.2. The highest BCUT2D eigenvalue weighted by atomic mass is 16.6. The van der Waals surface area contributed by atoms with Gasteiger partial charge in [0.15, 0.2) is 0 Å². The molecule has 0 unspecified atom stereocenters. The maximum Gasteiger partial charge on any atom is 0.303 e. The van der Waals surface area contributed by atoms with Crippen LogP contribution in [0.3, 0.4) is 0 Å². The van der Waals surface area contributed by atoms with E-state index in [9.17, 15) is 14.4 Å². The average molecular weight is 1070 g/mol. The minimum atomic E-state index is -0.782. The lowest BCUT2D eigenvalue weighted by atomic mass is 10.1. The second kappa shape index (κ2) is 36.1. The van der Waals surface area contributed by atoms with E-state index in [2.05, 4.69) is 41.2 Å². The first-order chi connectivity index (χ1) is 37.4. The normalized spacial score (nSPS) is 12.4. The van der Waals surface area contributed by atoms with Crippen LogP contribution >= 0.6 is 0 Å². The van der Waals surface area contributed by atoms with Gasteiger partial charge in [0.1, 0.15) is 17.1 Å². The van der Waals surface area contributed by atoms with Gasteiger partial charge in [0, 0.05) is 12.6 Å². The number of carboxylic acids is 1. The third kappa shape index (κ3) is 23.5. The van der Waals surface area contributed by atoms with E-state index in [1.54, 1.807) is 49.2 Å². The number of unbranched alkanes of at least 4 members (excludes halogenated alkanes) is 1. The summed E-state index contributed by atoms with van der Waals surface area (Å²) >= 11 is 0. The van der Waals surface area contributed by atoms with Crippen molar-refractivity contribution in [3.8, 4) is 0 Å². The summed E-state index contributed by atoms with van der Waals surface area (Å²) in [5, 5.41) is 41.7. The maximum atomic E-state index is 12.4. The van der Waals surface area contributed by atoms with Gasteiger partial charge in [0.25, 0.3) is 11.8 Å². The first-order valence-corrected chi connectivity index (χ1v) is 25.5. The molecule has 0 spiro atoms. The van der Waals surface area contributed by atoms with E-state index < -0.39 is 5.97 Å². The number of fused-ring (bicyclic) bond motifs is 1. The average Bonchev–Trinajstić information content (AvgIpc) is 4.30. The fraction of sp³-hybridized carbons (Fsp3) is 0.646. The summed E-state index contributed by atoms with van der Waals surface area (Å²) < 4.78 is 68.6. The number of aryl methyl sites for hydroxylation is 1. The predicted molar refractivity (Wildman–Crippen MR) is 263 cm³/mol. The Morgan fingerprint density at radius 2 is 0.697 bits per heavy atom. The quantitative estimate of drug-likeness (QED) is 0.0419. The number of amides is 2. The van der Waals surface area contributed by atoms with E-state index in [-0.39, 0.29) is 31.4 Å². The Bertz CT molecular complexity index is 2350. The molecule has 1 N–H and O–H groups in total. The molecule has 0 saturated carbocycles. The van der Waals surface area contributed by atoms with Crippen molar-refractivity contribution >= 4 is 17.8 Å². The summed E-state index contributed by atoms with van der Waals surface area (Å²) in [6.45, 7) is 11.2. The number of carboxylic acid groups (broad SMARTS) is 1. The number of carbonyl (C=O) groups is 3. The van der Waals surface area contributed by atoms with Gasteiger partial charge in [-0.3, -0.25) is 19.3 Å². The van der Waals surface area contributed by atoms with Gasteiger partial charge in [-0.25, -0.2) is 18.7 Å². The number of benzene rings is 1. The number of hydrogen-bond donors (Lipinski definition) is 1. The molecule has 1 aromatic carbocycles. The smallest absolute Gasteiger partial charge is 0.303 e. The molecule has 0 aliphatic carbocycles. The van der Waals surface area contributed by atoms with E-state index >= 15 is 0 Å². The number of hydrogen-bond acceptors (Lipinski definition) is 22. The molecule has 0 bridgehead atoms.